The van der Waals surface area contributed by atoms with Gasteiger partial charge in [0.15, 0.2) is 11.5 Å². The molecule has 2 heterocycles. The van der Waals surface area contributed by atoms with Crippen LogP contribution in [0.3, 0.4) is 0 Å². The lowest BCUT2D eigenvalue weighted by Crippen LogP contribution is -2.35. The fraction of sp³-hybridized carbons (Fsp3) is 0.280. The third kappa shape index (κ3) is 5.55. The Balaban J connectivity index is 1.38. The van der Waals surface area contributed by atoms with Crippen molar-refractivity contribution in [2.75, 3.05) is 27.4 Å². The van der Waals surface area contributed by atoms with Crippen LogP contribution in [0, 0.1) is 12.7 Å². The van der Waals surface area contributed by atoms with Crippen molar-refractivity contribution in [1.82, 2.24) is 15.1 Å². The highest BCUT2D eigenvalue weighted by molar-refractivity contribution is 7.20. The number of nitrogens with one attached hydrogen (secondary N) is 1. The van der Waals surface area contributed by atoms with Gasteiger partial charge in [-0.05, 0) is 42.8 Å². The summed E-state index contributed by atoms with van der Waals surface area (Å²) in [5.41, 5.74) is 1.71. The van der Waals surface area contributed by atoms with Gasteiger partial charge in [-0.1, -0.05) is 18.2 Å². The van der Waals surface area contributed by atoms with Gasteiger partial charge in [-0.2, -0.15) is 5.10 Å². The number of fused-ring (bicyclic) bond motifs is 1. The standard InChI is InChI=1S/C25H26FN3O5S/c1-15-19-11-22(35-25(19)29(28-15)13-16-7-9-17(26)10-8-16)24(31)27-12-18(30)14-34-23-20(32-2)5-4-6-21(23)33-3/h4-11,18,30H,12-14H2,1-3H3,(H,27,31). The molecule has 0 saturated heterocycles. The Morgan fingerprint density at radius 2 is 1.86 bits per heavy atom. The Morgan fingerprint density at radius 1 is 1.17 bits per heavy atom. The fourth-order valence-electron chi connectivity index (χ4n) is 3.59. The zero-order valence-corrected chi connectivity index (χ0v) is 20.4. The maximum atomic E-state index is 13.2. The van der Waals surface area contributed by atoms with Crippen LogP contribution in [0.15, 0.2) is 48.5 Å². The number of hydrogen-bond donors (Lipinski definition) is 2. The van der Waals surface area contributed by atoms with E-state index in [1.807, 2.05) is 11.6 Å². The Morgan fingerprint density at radius 3 is 2.51 bits per heavy atom. The van der Waals surface area contributed by atoms with Gasteiger partial charge >= 0.3 is 0 Å². The van der Waals surface area contributed by atoms with Crippen molar-refractivity contribution < 1.29 is 28.5 Å². The van der Waals surface area contributed by atoms with E-state index in [4.69, 9.17) is 14.2 Å². The van der Waals surface area contributed by atoms with Crippen molar-refractivity contribution >= 4 is 27.5 Å². The number of ether oxygens (including phenoxy) is 3. The van der Waals surface area contributed by atoms with Crippen LogP contribution in [0.4, 0.5) is 4.39 Å². The number of methoxy groups -OCH3 is 2. The maximum Gasteiger partial charge on any atom is 0.261 e. The highest BCUT2D eigenvalue weighted by atomic mass is 32.1. The summed E-state index contributed by atoms with van der Waals surface area (Å²) in [6.45, 7) is 2.29. The topological polar surface area (TPSA) is 94.8 Å². The fourth-order valence-corrected chi connectivity index (χ4v) is 4.67. The molecular formula is C25H26FN3O5S. The lowest BCUT2D eigenvalue weighted by atomic mass is 10.2. The van der Waals surface area contributed by atoms with Crippen molar-refractivity contribution in [3.63, 3.8) is 0 Å². The molecule has 10 heteroatoms. The zero-order chi connectivity index (χ0) is 24.9. The van der Waals surface area contributed by atoms with Gasteiger partial charge in [0.2, 0.25) is 5.75 Å². The van der Waals surface area contributed by atoms with Crippen LogP contribution in [0.5, 0.6) is 17.2 Å². The Hall–Kier alpha value is -3.63. The monoisotopic (exact) mass is 499 g/mol. The number of carbonyl (C=O) groups is 1. The van der Waals surface area contributed by atoms with Gasteiger partial charge in [0.1, 0.15) is 23.4 Å². The molecule has 4 aromatic rings. The number of aromatic nitrogens is 2. The highest BCUT2D eigenvalue weighted by Gasteiger charge is 2.18. The number of nitrogens with zero attached hydrogens (tertiary/aromatic N) is 2. The molecule has 1 amide bonds. The predicted molar refractivity (Wildman–Crippen MR) is 131 cm³/mol. The summed E-state index contributed by atoms with van der Waals surface area (Å²) in [6, 6.07) is 13.3. The molecule has 0 aliphatic carbocycles. The van der Waals surface area contributed by atoms with E-state index in [-0.39, 0.29) is 24.9 Å². The molecule has 0 bridgehead atoms. The number of aliphatic hydroxyl groups is 1. The summed E-state index contributed by atoms with van der Waals surface area (Å²) in [7, 11) is 3.04. The number of aryl methyl sites for hydroxylation is 1. The van der Waals surface area contributed by atoms with Crippen LogP contribution in [-0.4, -0.2) is 54.3 Å². The molecule has 0 spiro atoms. The van der Waals surface area contributed by atoms with Gasteiger partial charge in [-0.15, -0.1) is 11.3 Å². The molecule has 0 fully saturated rings. The minimum absolute atomic E-state index is 0.00519. The lowest BCUT2D eigenvalue weighted by Gasteiger charge is -2.17. The van der Waals surface area contributed by atoms with Gasteiger partial charge < -0.3 is 24.6 Å². The number of halogens is 1. The van der Waals surface area contributed by atoms with E-state index < -0.39 is 6.10 Å². The molecule has 35 heavy (non-hydrogen) atoms. The average molecular weight is 500 g/mol. The summed E-state index contributed by atoms with van der Waals surface area (Å²) >= 11 is 1.32. The van der Waals surface area contributed by atoms with Gasteiger partial charge in [-0.3, -0.25) is 9.48 Å². The second kappa shape index (κ2) is 10.7. The quantitative estimate of drug-likeness (QED) is 0.345. The van der Waals surface area contributed by atoms with Crippen molar-refractivity contribution in [2.24, 2.45) is 0 Å². The molecular weight excluding hydrogens is 473 g/mol. The summed E-state index contributed by atoms with van der Waals surface area (Å²) in [5.74, 6) is 0.758. The number of hydrogen-bond acceptors (Lipinski definition) is 7. The van der Waals surface area contributed by atoms with Crippen LogP contribution >= 0.6 is 11.3 Å². The Labute approximate surface area is 205 Å². The van der Waals surface area contributed by atoms with Gasteiger partial charge in [0.25, 0.3) is 5.91 Å². The second-order valence-electron chi connectivity index (χ2n) is 7.87. The number of thiophene rings is 1. The summed E-state index contributed by atoms with van der Waals surface area (Å²) in [6.07, 6.45) is -0.946. The molecule has 184 valence electrons. The smallest absolute Gasteiger partial charge is 0.261 e. The molecule has 0 aliphatic rings. The minimum Gasteiger partial charge on any atom is -0.493 e. The van der Waals surface area contributed by atoms with E-state index in [0.29, 0.717) is 28.7 Å². The van der Waals surface area contributed by atoms with E-state index in [2.05, 4.69) is 10.4 Å². The molecule has 0 aliphatic heterocycles. The van der Waals surface area contributed by atoms with Gasteiger partial charge in [0, 0.05) is 11.9 Å². The van der Waals surface area contributed by atoms with E-state index in [9.17, 15) is 14.3 Å². The first-order chi connectivity index (χ1) is 16.9. The molecule has 8 nitrogen and oxygen atoms in total. The number of amides is 1. The normalized spacial score (nSPS) is 11.9. The van der Waals surface area contributed by atoms with Crippen molar-refractivity contribution in [1.29, 1.82) is 0 Å². The first-order valence-corrected chi connectivity index (χ1v) is 11.7. The summed E-state index contributed by atoms with van der Waals surface area (Å²) in [5, 5.41) is 18.5. The van der Waals surface area contributed by atoms with Crippen LogP contribution < -0.4 is 19.5 Å². The van der Waals surface area contributed by atoms with E-state index in [1.54, 1.807) is 36.4 Å². The molecule has 2 aromatic heterocycles. The van der Waals surface area contributed by atoms with Crippen LogP contribution in [-0.2, 0) is 6.54 Å². The molecule has 0 saturated carbocycles. The predicted octanol–water partition coefficient (Wildman–Crippen LogP) is 3.78. The van der Waals surface area contributed by atoms with Crippen LogP contribution in [0.25, 0.3) is 10.2 Å². The molecule has 1 atom stereocenters. The average Bonchev–Trinajstić information content (AvgIpc) is 3.43. The first kappa shape index (κ1) is 24.5. The highest BCUT2D eigenvalue weighted by Crippen LogP contribution is 2.36. The molecule has 2 N–H and O–H groups in total. The number of carbonyl (C=O) groups excluding carboxylic acids is 1. The zero-order valence-electron chi connectivity index (χ0n) is 19.6. The molecule has 0 radical (unpaired) electrons. The van der Waals surface area contributed by atoms with Crippen molar-refractivity contribution in [3.8, 4) is 17.2 Å². The van der Waals surface area contributed by atoms with E-state index in [0.717, 1.165) is 21.5 Å². The third-order valence-electron chi connectivity index (χ3n) is 5.38. The third-order valence-corrected chi connectivity index (χ3v) is 6.52. The first-order valence-electron chi connectivity index (χ1n) is 10.9. The Bertz CT molecular complexity index is 1300. The number of aliphatic hydroxyl groups excluding tert-OH is 1. The van der Waals surface area contributed by atoms with Crippen LogP contribution in [0.1, 0.15) is 20.9 Å². The maximum absolute atomic E-state index is 13.2. The van der Waals surface area contributed by atoms with Crippen molar-refractivity contribution in [2.45, 2.75) is 19.6 Å². The molecule has 4 rings (SSSR count). The summed E-state index contributed by atoms with van der Waals surface area (Å²) in [4.78, 5) is 14.1. The van der Waals surface area contributed by atoms with Crippen LogP contribution in [0.2, 0.25) is 0 Å². The van der Waals surface area contributed by atoms with Crippen molar-refractivity contribution in [3.05, 3.63) is 70.5 Å². The molecule has 1 unspecified atom stereocenters. The number of para-hydroxylation sites is 1. The largest absolute Gasteiger partial charge is 0.493 e. The number of rotatable bonds is 10. The molecule has 2 aromatic carbocycles. The Kier molecular flexibility index (Phi) is 7.52. The van der Waals surface area contributed by atoms with Gasteiger partial charge in [-0.25, -0.2) is 4.39 Å². The summed E-state index contributed by atoms with van der Waals surface area (Å²) < 4.78 is 31.3. The minimum atomic E-state index is -0.946. The lowest BCUT2D eigenvalue weighted by molar-refractivity contribution is 0.0837. The van der Waals surface area contributed by atoms with E-state index in [1.165, 1.54) is 37.7 Å². The SMILES string of the molecule is COc1cccc(OC)c1OCC(O)CNC(=O)c1cc2c(C)nn(Cc3ccc(F)cc3)c2s1. The van der Waals surface area contributed by atoms with Gasteiger partial charge in [0.05, 0.1) is 31.3 Å². The van der Waals surface area contributed by atoms with E-state index >= 15 is 0 Å². The number of benzene rings is 2. The second-order valence-corrected chi connectivity index (χ2v) is 8.90.